The second-order valence-electron chi connectivity index (χ2n) is 20.3. The Morgan fingerprint density at radius 3 is 1.56 bits per heavy atom. The third-order valence-corrected chi connectivity index (χ3v) is 16.0. The summed E-state index contributed by atoms with van der Waals surface area (Å²) in [5, 5.41) is 13.7. The largest absolute Gasteiger partial charge is 0.455 e. The van der Waals surface area contributed by atoms with E-state index in [9.17, 15) is 0 Å². The zero-order chi connectivity index (χ0) is 50.7. The Morgan fingerprint density at radius 1 is 0.338 bits per heavy atom. The Labute approximate surface area is 443 Å². The van der Waals surface area contributed by atoms with Gasteiger partial charge < -0.3 is 13.6 Å². The van der Waals surface area contributed by atoms with Gasteiger partial charge in [-0.3, -0.25) is 0 Å². The van der Waals surface area contributed by atoms with Gasteiger partial charge in [0.2, 0.25) is 0 Å². The van der Waals surface area contributed by atoms with Gasteiger partial charge >= 0.3 is 0 Å². The van der Waals surface area contributed by atoms with Gasteiger partial charge in [0.05, 0.1) is 44.7 Å². The fourth-order valence-electron chi connectivity index (χ4n) is 12.5. The van der Waals surface area contributed by atoms with Crippen LogP contribution < -0.4 is 0 Å². The molecule has 77 heavy (non-hydrogen) atoms. The average molecular weight is 983 g/mol. The van der Waals surface area contributed by atoms with Crippen molar-refractivity contribution in [2.45, 2.75) is 13.3 Å². The second-order valence-corrected chi connectivity index (χ2v) is 20.3. The lowest BCUT2D eigenvalue weighted by molar-refractivity contribution is 0.673. The average Bonchev–Trinajstić information content (AvgIpc) is 4.15. The molecule has 16 aromatic rings. The highest BCUT2D eigenvalue weighted by Gasteiger charge is 2.27. The molecule has 0 spiro atoms. The normalized spacial score (nSPS) is 12.0. The molecule has 0 radical (unpaired) electrons. The Morgan fingerprint density at radius 2 is 0.857 bits per heavy atom. The minimum atomic E-state index is 0.585. The van der Waals surface area contributed by atoms with E-state index in [1.165, 1.54) is 43.1 Å². The molecule has 0 atom stereocenters. The predicted octanol–water partition coefficient (Wildman–Crippen LogP) is 19.3. The van der Waals surface area contributed by atoms with E-state index in [0.717, 1.165) is 111 Å². The molecule has 0 bridgehead atoms. The molecule has 5 heteroatoms. The van der Waals surface area contributed by atoms with Crippen LogP contribution in [-0.4, -0.2) is 19.1 Å². The molecule has 0 N–H and O–H groups in total. The minimum absolute atomic E-state index is 0.585. The molecule has 12 aromatic carbocycles. The van der Waals surface area contributed by atoms with Crippen LogP contribution in [-0.2, 0) is 6.42 Å². The first-order chi connectivity index (χ1) is 38.1. The van der Waals surface area contributed by atoms with Crippen molar-refractivity contribution < 1.29 is 4.42 Å². The van der Waals surface area contributed by atoms with Crippen LogP contribution in [0.25, 0.3) is 154 Å². The molecule has 16 rings (SSSR count). The van der Waals surface area contributed by atoms with Crippen molar-refractivity contribution in [3.05, 3.63) is 254 Å². The maximum atomic E-state index is 7.44. The first kappa shape index (κ1) is 43.3. The molecule has 0 aliphatic heterocycles. The van der Waals surface area contributed by atoms with E-state index in [1.54, 1.807) is 0 Å². The second kappa shape index (κ2) is 17.0. The predicted molar refractivity (Wildman–Crippen MR) is 322 cm³/mol. The Balaban J connectivity index is 1.06. The minimum Gasteiger partial charge on any atom is -0.455 e. The van der Waals surface area contributed by atoms with E-state index in [0.29, 0.717) is 12.2 Å². The zero-order valence-electron chi connectivity index (χ0n) is 42.1. The van der Waals surface area contributed by atoms with E-state index in [-0.39, 0.29) is 0 Å². The summed E-state index contributed by atoms with van der Waals surface area (Å²) in [6.45, 7) is 2.23. The van der Waals surface area contributed by atoms with Crippen LogP contribution in [0.1, 0.15) is 12.5 Å². The number of hydrogen-bond acceptors (Lipinski definition) is 3. The van der Waals surface area contributed by atoms with E-state index in [2.05, 4.69) is 265 Å². The summed E-state index contributed by atoms with van der Waals surface area (Å²) in [6, 6.07) is 90.0. The van der Waals surface area contributed by atoms with Gasteiger partial charge in [-0.2, -0.15) is 0 Å². The summed E-state index contributed by atoms with van der Waals surface area (Å²) in [5.41, 5.74) is 16.0. The number of furan rings is 1. The van der Waals surface area contributed by atoms with Crippen LogP contribution in [0.4, 0.5) is 0 Å². The first-order valence-electron chi connectivity index (χ1n) is 26.5. The van der Waals surface area contributed by atoms with Crippen LogP contribution in [0.3, 0.4) is 0 Å². The third-order valence-electron chi connectivity index (χ3n) is 16.0. The molecule has 0 saturated carbocycles. The van der Waals surface area contributed by atoms with Crippen LogP contribution in [0, 0.1) is 0 Å². The van der Waals surface area contributed by atoms with Crippen molar-refractivity contribution in [1.82, 2.24) is 19.1 Å². The highest BCUT2D eigenvalue weighted by Crippen LogP contribution is 2.47. The fraction of sp³-hybridized carbons (Fsp3) is 0.0278. The number of benzene rings is 12. The molecular formula is C72H46N4O. The van der Waals surface area contributed by atoms with Gasteiger partial charge in [0.25, 0.3) is 0 Å². The smallest absolute Gasteiger partial charge is 0.166 e. The monoisotopic (exact) mass is 982 g/mol. The summed E-state index contributed by atoms with van der Waals surface area (Å²) in [7, 11) is 0. The van der Waals surface area contributed by atoms with Gasteiger partial charge in [0.15, 0.2) is 5.82 Å². The highest BCUT2D eigenvalue weighted by molar-refractivity contribution is 6.20. The van der Waals surface area contributed by atoms with Gasteiger partial charge in [-0.25, -0.2) is 9.97 Å². The van der Waals surface area contributed by atoms with Crippen molar-refractivity contribution in [3.8, 4) is 56.4 Å². The zero-order valence-corrected chi connectivity index (χ0v) is 42.1. The topological polar surface area (TPSA) is 48.8 Å². The summed E-state index contributed by atoms with van der Waals surface area (Å²) in [5.74, 6) is 0.585. The molecule has 0 aliphatic carbocycles. The molecule has 0 unspecified atom stereocenters. The number of hydrogen-bond donors (Lipinski definition) is 0. The maximum absolute atomic E-state index is 7.44. The van der Waals surface area contributed by atoms with Crippen molar-refractivity contribution in [1.29, 1.82) is 0 Å². The summed E-state index contributed by atoms with van der Waals surface area (Å²) in [6.07, 6.45) is 0.695. The van der Waals surface area contributed by atoms with E-state index >= 15 is 0 Å². The van der Waals surface area contributed by atoms with Crippen LogP contribution in [0.5, 0.6) is 0 Å². The fourth-order valence-corrected chi connectivity index (χ4v) is 12.5. The quantitative estimate of drug-likeness (QED) is 0.160. The van der Waals surface area contributed by atoms with Crippen molar-refractivity contribution in [3.63, 3.8) is 0 Å². The Bertz CT molecular complexity index is 4990. The summed E-state index contributed by atoms with van der Waals surface area (Å²) < 4.78 is 12.3. The lowest BCUT2D eigenvalue weighted by Crippen LogP contribution is -2.06. The Hall–Kier alpha value is -10.1. The number of aromatic nitrogens is 4. The summed E-state index contributed by atoms with van der Waals surface area (Å²) >= 11 is 0. The van der Waals surface area contributed by atoms with Crippen LogP contribution in [0.15, 0.2) is 253 Å². The number of nitrogens with zero attached hydrogens (tertiary/aromatic N) is 4. The van der Waals surface area contributed by atoms with E-state index < -0.39 is 0 Å². The molecule has 360 valence electrons. The number of para-hydroxylation sites is 2. The number of fused-ring (bicyclic) bond motifs is 13. The van der Waals surface area contributed by atoms with Crippen molar-refractivity contribution >= 4 is 97.9 Å². The molecular weight excluding hydrogens is 937 g/mol. The molecule has 0 fully saturated rings. The first-order valence-corrected chi connectivity index (χ1v) is 26.5. The summed E-state index contributed by atoms with van der Waals surface area (Å²) in [4.78, 5) is 11.8. The van der Waals surface area contributed by atoms with Crippen molar-refractivity contribution in [2.24, 2.45) is 0 Å². The van der Waals surface area contributed by atoms with Gasteiger partial charge in [0.1, 0.15) is 11.2 Å². The standard InChI is InChI=1S/C72H46N4O/c1-2-54-68(51-26-17-25-46(38-51)44-18-5-3-6-19-44)73-72(74-69(54)52-33-34-57-56-30-15-16-31-62(56)75(64(57)43-52)53-27-7-4-8-28-53)67-63(37-36-59-58-35-32-45-20-13-14-29-55(45)70(58)77-71(59)67)76-65-41-49-23-11-9-21-47(49)39-60(65)61-40-48-22-10-12-24-50(48)42-66(61)76/h3-43H,2H2,1H3. The molecule has 0 aliphatic rings. The molecule has 0 amide bonds. The highest BCUT2D eigenvalue weighted by atomic mass is 16.3. The maximum Gasteiger partial charge on any atom is 0.166 e. The van der Waals surface area contributed by atoms with Crippen molar-refractivity contribution in [2.75, 3.05) is 0 Å². The Kier molecular flexibility index (Phi) is 9.54. The van der Waals surface area contributed by atoms with Crippen LogP contribution >= 0.6 is 0 Å². The van der Waals surface area contributed by atoms with E-state index in [1.807, 2.05) is 0 Å². The third kappa shape index (κ3) is 6.67. The molecule has 4 aromatic heterocycles. The van der Waals surface area contributed by atoms with Gasteiger partial charge in [-0.15, -0.1) is 0 Å². The van der Waals surface area contributed by atoms with Gasteiger partial charge in [0, 0.05) is 60.1 Å². The van der Waals surface area contributed by atoms with Gasteiger partial charge in [-0.05, 0) is 117 Å². The molecule has 0 saturated heterocycles. The number of rotatable bonds is 7. The molecule has 5 nitrogen and oxygen atoms in total. The molecule has 4 heterocycles. The lowest BCUT2D eigenvalue weighted by Gasteiger charge is -2.19. The SMILES string of the molecule is CCc1c(-c2cccc(-c3ccccc3)c2)nc(-c2c(-n3c4cc5ccccc5cc4c4cc5ccccc5cc43)ccc3c2oc2c4ccccc4ccc32)nc1-c1ccc2c3ccccc3n(-c3ccccc3)c2c1. The van der Waals surface area contributed by atoms with Crippen LogP contribution in [0.2, 0.25) is 0 Å². The van der Waals surface area contributed by atoms with E-state index in [4.69, 9.17) is 14.4 Å². The van der Waals surface area contributed by atoms with Gasteiger partial charge in [-0.1, -0.05) is 183 Å². The lowest BCUT2D eigenvalue weighted by atomic mass is 9.95.